The van der Waals surface area contributed by atoms with Gasteiger partial charge in [0.05, 0.1) is 11.0 Å². The number of aliphatic hydroxyl groups is 1. The van der Waals surface area contributed by atoms with E-state index in [4.69, 9.17) is 0 Å². The van der Waals surface area contributed by atoms with Crippen LogP contribution in [0.1, 0.15) is 18.1 Å². The molecular formula is C13H8F9NO3. The van der Waals surface area contributed by atoms with Crippen molar-refractivity contribution in [1.82, 2.24) is 0 Å². The fourth-order valence-electron chi connectivity index (χ4n) is 2.58. The number of aliphatic hydroxyl groups excluding tert-OH is 1. The molecule has 1 fully saturated rings. The minimum absolute atomic E-state index is 0.468. The minimum atomic E-state index is -6.74. The lowest BCUT2D eigenvalue weighted by molar-refractivity contribution is -0.385. The highest BCUT2D eigenvalue weighted by Crippen LogP contribution is 2.70. The van der Waals surface area contributed by atoms with E-state index in [1.165, 1.54) is 0 Å². The number of nitro benzene ring substituents is 1. The highest BCUT2D eigenvalue weighted by atomic mass is 19.4. The third kappa shape index (κ3) is 2.21. The van der Waals surface area contributed by atoms with E-state index in [1.54, 1.807) is 0 Å². The molecule has 1 aromatic carbocycles. The number of hydrogen-bond donors (Lipinski definition) is 1. The average molecular weight is 397 g/mol. The minimum Gasteiger partial charge on any atom is -0.388 e. The molecule has 1 unspecified atom stereocenters. The van der Waals surface area contributed by atoms with Gasteiger partial charge >= 0.3 is 23.7 Å². The quantitative estimate of drug-likeness (QED) is 0.469. The first kappa shape index (κ1) is 20.3. The molecule has 1 N–H and O–H groups in total. The van der Waals surface area contributed by atoms with E-state index < -0.39 is 58.1 Å². The van der Waals surface area contributed by atoms with E-state index in [0.29, 0.717) is 6.07 Å². The van der Waals surface area contributed by atoms with E-state index in [-0.39, 0.29) is 0 Å². The summed E-state index contributed by atoms with van der Waals surface area (Å²) in [4.78, 5) is 9.53. The molecule has 1 aliphatic rings. The van der Waals surface area contributed by atoms with Crippen molar-refractivity contribution in [3.8, 4) is 0 Å². The standard InChI is InChI=1S/C13H8F9NO3/c14-9(5-8(24)6-2-1-3-7(4-6)23(25)26)10(15,16)12(19,20)13(21,22)11(9,17)18/h1-4,8,24H,5H2. The van der Waals surface area contributed by atoms with Gasteiger partial charge in [-0.25, -0.2) is 4.39 Å². The second-order valence-corrected chi connectivity index (χ2v) is 5.67. The molecule has 4 nitrogen and oxygen atoms in total. The van der Waals surface area contributed by atoms with Crippen LogP contribution in [0.15, 0.2) is 24.3 Å². The summed E-state index contributed by atoms with van der Waals surface area (Å²) in [6.07, 6.45) is -5.29. The molecule has 0 saturated heterocycles. The normalized spacial score (nSPS) is 25.6. The molecule has 1 saturated carbocycles. The maximum atomic E-state index is 14.3. The van der Waals surface area contributed by atoms with Crippen molar-refractivity contribution in [2.45, 2.75) is 41.9 Å². The largest absolute Gasteiger partial charge is 0.388 e. The topological polar surface area (TPSA) is 63.4 Å². The van der Waals surface area contributed by atoms with Gasteiger partial charge in [0.25, 0.3) is 11.4 Å². The summed E-state index contributed by atoms with van der Waals surface area (Å²) in [5.41, 5.74) is -7.37. The summed E-state index contributed by atoms with van der Waals surface area (Å²) in [6.45, 7) is 0. The lowest BCUT2D eigenvalue weighted by atomic mass is 9.88. The van der Waals surface area contributed by atoms with E-state index in [9.17, 15) is 54.7 Å². The van der Waals surface area contributed by atoms with Crippen LogP contribution in [-0.2, 0) is 0 Å². The predicted molar refractivity (Wildman–Crippen MR) is 66.3 cm³/mol. The van der Waals surface area contributed by atoms with E-state index >= 15 is 0 Å². The molecule has 0 heterocycles. The Labute approximate surface area is 138 Å². The Morgan fingerprint density at radius 2 is 1.38 bits per heavy atom. The van der Waals surface area contributed by atoms with Crippen molar-refractivity contribution in [1.29, 1.82) is 0 Å². The zero-order chi connectivity index (χ0) is 20.3. The van der Waals surface area contributed by atoms with Gasteiger partial charge < -0.3 is 5.11 Å². The van der Waals surface area contributed by atoms with Crippen LogP contribution >= 0.6 is 0 Å². The molecule has 1 aromatic rings. The number of halogens is 9. The first-order chi connectivity index (χ1) is 11.5. The molecule has 0 radical (unpaired) electrons. The lowest BCUT2D eigenvalue weighted by Crippen LogP contribution is -2.55. The van der Waals surface area contributed by atoms with Gasteiger partial charge in [0.15, 0.2) is 0 Å². The molecule has 13 heteroatoms. The van der Waals surface area contributed by atoms with Crippen molar-refractivity contribution in [3.05, 3.63) is 39.9 Å². The molecule has 26 heavy (non-hydrogen) atoms. The van der Waals surface area contributed by atoms with Crippen LogP contribution in [0.5, 0.6) is 0 Å². The van der Waals surface area contributed by atoms with Crippen molar-refractivity contribution in [2.75, 3.05) is 0 Å². The molecule has 0 bridgehead atoms. The molecule has 146 valence electrons. The fraction of sp³-hybridized carbons (Fsp3) is 0.538. The third-order valence-electron chi connectivity index (χ3n) is 4.12. The van der Waals surface area contributed by atoms with Gasteiger partial charge in [-0.1, -0.05) is 12.1 Å². The maximum Gasteiger partial charge on any atom is 0.381 e. The second-order valence-electron chi connectivity index (χ2n) is 5.67. The summed E-state index contributed by atoms with van der Waals surface area (Å²) in [6, 6.07) is 2.91. The van der Waals surface area contributed by atoms with Crippen molar-refractivity contribution in [3.63, 3.8) is 0 Å². The van der Waals surface area contributed by atoms with Crippen LogP contribution in [0.25, 0.3) is 0 Å². The molecule has 0 amide bonds. The lowest BCUT2D eigenvalue weighted by Gasteiger charge is -2.32. The monoisotopic (exact) mass is 397 g/mol. The average Bonchev–Trinajstić information content (AvgIpc) is 2.57. The third-order valence-corrected chi connectivity index (χ3v) is 4.12. The van der Waals surface area contributed by atoms with Crippen LogP contribution in [0.3, 0.4) is 0 Å². The van der Waals surface area contributed by atoms with Crippen LogP contribution in [0, 0.1) is 10.1 Å². The SMILES string of the molecule is O=[N+]([O-])c1cccc(C(O)CC2(F)C(F)(F)C(F)(F)C(F)(F)C2(F)F)c1. The van der Waals surface area contributed by atoms with Gasteiger partial charge in [0.2, 0.25) is 0 Å². The fourth-order valence-corrected chi connectivity index (χ4v) is 2.58. The van der Waals surface area contributed by atoms with E-state index in [1.807, 2.05) is 0 Å². The summed E-state index contributed by atoms with van der Waals surface area (Å²) in [5, 5.41) is 20.2. The molecule has 0 spiro atoms. The van der Waals surface area contributed by atoms with Gasteiger partial charge in [-0.05, 0) is 5.56 Å². The molecule has 2 rings (SSSR count). The predicted octanol–water partition coefficient (Wildman–Crippen LogP) is 4.28. The summed E-state index contributed by atoms with van der Waals surface area (Å²) >= 11 is 0. The maximum absolute atomic E-state index is 14.3. The summed E-state index contributed by atoms with van der Waals surface area (Å²) in [7, 11) is 0. The zero-order valence-corrected chi connectivity index (χ0v) is 12.2. The number of benzene rings is 1. The zero-order valence-electron chi connectivity index (χ0n) is 12.2. The van der Waals surface area contributed by atoms with Gasteiger partial charge in [-0.2, -0.15) is 35.1 Å². The Morgan fingerprint density at radius 3 is 1.81 bits per heavy atom. The van der Waals surface area contributed by atoms with Crippen molar-refractivity contribution in [2.24, 2.45) is 0 Å². The van der Waals surface area contributed by atoms with Crippen LogP contribution in [0.2, 0.25) is 0 Å². The number of non-ortho nitro benzene ring substituents is 1. The van der Waals surface area contributed by atoms with Crippen molar-refractivity contribution >= 4 is 5.69 Å². The Morgan fingerprint density at radius 1 is 0.923 bits per heavy atom. The van der Waals surface area contributed by atoms with E-state index in [2.05, 4.69) is 0 Å². The van der Waals surface area contributed by atoms with Crippen molar-refractivity contribution < 1.29 is 49.5 Å². The van der Waals surface area contributed by atoms with E-state index in [0.717, 1.165) is 18.2 Å². The second kappa shape index (κ2) is 5.47. The highest BCUT2D eigenvalue weighted by Gasteiger charge is 3.00. The Bertz CT molecular complexity index is 711. The van der Waals surface area contributed by atoms with Gasteiger partial charge in [-0.15, -0.1) is 0 Å². The Hall–Kier alpha value is -2.05. The molecular weight excluding hydrogens is 389 g/mol. The Kier molecular flexibility index (Phi) is 4.27. The van der Waals surface area contributed by atoms with Crippen LogP contribution in [0.4, 0.5) is 45.2 Å². The highest BCUT2D eigenvalue weighted by molar-refractivity contribution is 5.36. The smallest absolute Gasteiger partial charge is 0.381 e. The van der Waals surface area contributed by atoms with Gasteiger partial charge in [-0.3, -0.25) is 10.1 Å². The number of nitrogens with zero attached hydrogens (tertiary/aromatic N) is 1. The summed E-state index contributed by atoms with van der Waals surface area (Å²) < 4.78 is 121. The molecule has 0 aliphatic heterocycles. The van der Waals surface area contributed by atoms with Gasteiger partial charge in [0, 0.05) is 18.6 Å². The number of alkyl halides is 9. The van der Waals surface area contributed by atoms with Crippen LogP contribution in [-0.4, -0.2) is 39.4 Å². The van der Waals surface area contributed by atoms with Gasteiger partial charge in [0.1, 0.15) is 0 Å². The summed E-state index contributed by atoms with van der Waals surface area (Å²) in [5.74, 6) is -26.5. The molecule has 0 aromatic heterocycles. The van der Waals surface area contributed by atoms with Crippen LogP contribution < -0.4 is 0 Å². The molecule has 1 aliphatic carbocycles. The first-order valence-electron chi connectivity index (χ1n) is 6.67. The Balaban J connectivity index is 2.50. The molecule has 1 atom stereocenters. The first-order valence-corrected chi connectivity index (χ1v) is 6.67. The number of nitro groups is 1. The number of hydrogen-bond acceptors (Lipinski definition) is 3. The number of rotatable bonds is 4.